The lowest BCUT2D eigenvalue weighted by Crippen LogP contribution is -2.52. The van der Waals surface area contributed by atoms with Crippen molar-refractivity contribution in [3.63, 3.8) is 0 Å². The summed E-state index contributed by atoms with van der Waals surface area (Å²) < 4.78 is 71.0. The molecule has 9 rings (SSSR count). The van der Waals surface area contributed by atoms with Crippen molar-refractivity contribution in [3.8, 4) is 23.0 Å². The average molecular weight is 942 g/mol. The molecule has 346 valence electrons. The lowest BCUT2D eigenvalue weighted by molar-refractivity contribution is -0.163. The highest BCUT2D eigenvalue weighted by Crippen LogP contribution is 2.52. The number of allylic oxidation sites excluding steroid dienone is 2. The van der Waals surface area contributed by atoms with Crippen LogP contribution in [0.2, 0.25) is 10.0 Å². The van der Waals surface area contributed by atoms with Gasteiger partial charge < -0.3 is 19.7 Å². The molecule has 0 saturated heterocycles. The van der Waals surface area contributed by atoms with Crippen molar-refractivity contribution in [2.75, 3.05) is 0 Å². The van der Waals surface area contributed by atoms with E-state index >= 15 is 8.78 Å². The van der Waals surface area contributed by atoms with E-state index in [4.69, 9.17) is 32.7 Å². The lowest BCUT2D eigenvalue weighted by Gasteiger charge is -2.35. The molecule has 0 amide bonds. The Kier molecular flexibility index (Phi) is 17.5. The fourth-order valence-corrected chi connectivity index (χ4v) is 7.90. The molecule has 0 aromatic heterocycles. The molecule has 3 saturated carbocycles. The smallest absolute Gasteiger partial charge is 0.344 e. The van der Waals surface area contributed by atoms with Gasteiger partial charge in [0.05, 0.1) is 0 Å². The normalized spacial score (nSPS) is 16.3. The quantitative estimate of drug-likeness (QED) is 0.0946. The Hall–Kier alpha value is -5.61. The third-order valence-corrected chi connectivity index (χ3v) is 12.0. The third kappa shape index (κ3) is 13.7. The highest BCUT2D eigenvalue weighted by molar-refractivity contribution is 6.30. The van der Waals surface area contributed by atoms with Gasteiger partial charge in [0.1, 0.15) is 23.4 Å². The lowest BCUT2D eigenvalue weighted by atomic mass is 9.75. The number of aliphatic carboxylic acids is 1. The molecule has 3 aliphatic rings. The molecular formula is C55H54Cl2F4O5. The summed E-state index contributed by atoms with van der Waals surface area (Å²) in [5, 5.41) is 21.9. The molecule has 0 radical (unpaired) electrons. The van der Waals surface area contributed by atoms with Crippen molar-refractivity contribution in [2.24, 2.45) is 11.8 Å². The molecule has 0 bridgehead atoms. The number of ether oxygens (including phenoxy) is 2. The number of halogens is 6. The Morgan fingerprint density at radius 2 is 1.12 bits per heavy atom. The molecule has 3 fully saturated rings. The van der Waals surface area contributed by atoms with Crippen LogP contribution in [0.15, 0.2) is 157 Å². The van der Waals surface area contributed by atoms with Crippen LogP contribution in [0.3, 0.4) is 0 Å². The zero-order valence-electron chi connectivity index (χ0n) is 35.6. The summed E-state index contributed by atoms with van der Waals surface area (Å²) in [5.41, 5.74) is -0.387. The highest BCUT2D eigenvalue weighted by atomic mass is 35.5. The molecule has 0 spiro atoms. The van der Waals surface area contributed by atoms with Gasteiger partial charge >= 0.3 is 5.97 Å². The predicted octanol–water partition coefficient (Wildman–Crippen LogP) is 15.8. The van der Waals surface area contributed by atoms with Crippen molar-refractivity contribution in [1.29, 1.82) is 0 Å². The van der Waals surface area contributed by atoms with Crippen LogP contribution in [0.1, 0.15) is 86.5 Å². The minimum absolute atomic E-state index is 0. The number of alkyl halides is 1. The van der Waals surface area contributed by atoms with Gasteiger partial charge in [0.25, 0.3) is 0 Å². The number of carboxylic acids is 1. The van der Waals surface area contributed by atoms with E-state index < -0.39 is 35.3 Å². The molecule has 5 nitrogen and oxygen atoms in total. The van der Waals surface area contributed by atoms with E-state index in [9.17, 15) is 23.8 Å². The van der Waals surface area contributed by atoms with Gasteiger partial charge in [0, 0.05) is 28.3 Å². The number of para-hydroxylation sites is 2. The first-order chi connectivity index (χ1) is 31.4. The Balaban J connectivity index is 0.000000203. The molecule has 2 N–H and O–H groups in total. The van der Waals surface area contributed by atoms with Gasteiger partial charge in [-0.05, 0) is 145 Å². The van der Waals surface area contributed by atoms with Crippen LogP contribution in [-0.2, 0) is 17.6 Å². The minimum atomic E-state index is -2.94. The molecule has 11 heteroatoms. The summed E-state index contributed by atoms with van der Waals surface area (Å²) in [5.74, 6) is -3.09. The molecular weight excluding hydrogens is 887 g/mol. The van der Waals surface area contributed by atoms with Gasteiger partial charge in [-0.15, -0.1) is 0 Å². The van der Waals surface area contributed by atoms with Crippen molar-refractivity contribution < 1.29 is 42.0 Å². The molecule has 6 aromatic carbocycles. The van der Waals surface area contributed by atoms with Gasteiger partial charge in [-0.1, -0.05) is 123 Å². The average Bonchev–Trinajstić information content (AvgIpc) is 4.12. The summed E-state index contributed by atoms with van der Waals surface area (Å²) in [6.07, 6.45) is 7.66. The maximum Gasteiger partial charge on any atom is 0.344 e. The summed E-state index contributed by atoms with van der Waals surface area (Å²) in [6, 6.07) is 39.9. The first-order valence-electron chi connectivity index (χ1n) is 21.9. The first-order valence-corrected chi connectivity index (χ1v) is 22.6. The Morgan fingerprint density at radius 3 is 1.58 bits per heavy atom. The van der Waals surface area contributed by atoms with Crippen LogP contribution in [0, 0.1) is 23.5 Å². The number of rotatable bonds is 16. The first kappa shape index (κ1) is 49.8. The van der Waals surface area contributed by atoms with Crippen LogP contribution in [0.5, 0.6) is 23.0 Å². The van der Waals surface area contributed by atoms with Gasteiger partial charge in [-0.3, -0.25) is 0 Å². The van der Waals surface area contributed by atoms with Crippen LogP contribution in [-0.4, -0.2) is 28.0 Å². The zero-order valence-corrected chi connectivity index (χ0v) is 37.1. The SMILES string of the molecule is C.C1CC1.F/C(=C/Cc1ccc(F)c(Oc2ccccc2)c1)[C@H](c1ccc(Cl)cc1)C1CC1.O=C(O)[C@](F)([C@H](O)Cc1ccc(F)c(Oc2ccccc2)c1)[C@H](c1ccc(Cl)cc1)C1CC1. The molecule has 0 heterocycles. The second-order valence-corrected chi connectivity index (χ2v) is 17.6. The van der Waals surface area contributed by atoms with E-state index in [0.717, 1.165) is 30.0 Å². The topological polar surface area (TPSA) is 76.0 Å². The molecule has 6 aromatic rings. The zero-order chi connectivity index (χ0) is 45.9. The van der Waals surface area contributed by atoms with Crippen molar-refractivity contribution in [1.82, 2.24) is 0 Å². The maximum atomic E-state index is 16.3. The van der Waals surface area contributed by atoms with Crippen molar-refractivity contribution in [2.45, 2.75) is 88.8 Å². The maximum absolute atomic E-state index is 16.3. The van der Waals surface area contributed by atoms with E-state index in [0.29, 0.717) is 57.9 Å². The number of hydrogen-bond donors (Lipinski definition) is 2. The molecule has 4 atom stereocenters. The van der Waals surface area contributed by atoms with Gasteiger partial charge in [0.2, 0.25) is 5.67 Å². The predicted molar refractivity (Wildman–Crippen MR) is 254 cm³/mol. The number of aliphatic hydroxyl groups excluding tert-OH is 1. The summed E-state index contributed by atoms with van der Waals surface area (Å²) in [6.45, 7) is 0. The fourth-order valence-electron chi connectivity index (χ4n) is 7.65. The Bertz CT molecular complexity index is 2510. The number of carbonyl (C=O) groups is 1. The molecule has 66 heavy (non-hydrogen) atoms. The number of aliphatic hydroxyl groups is 1. The van der Waals surface area contributed by atoms with Crippen LogP contribution >= 0.6 is 23.2 Å². The molecule has 0 unspecified atom stereocenters. The Morgan fingerprint density at radius 1 is 0.667 bits per heavy atom. The molecule has 3 aliphatic carbocycles. The Labute approximate surface area is 394 Å². The number of benzene rings is 6. The van der Waals surface area contributed by atoms with Crippen molar-refractivity contribution >= 4 is 29.2 Å². The van der Waals surface area contributed by atoms with E-state index in [1.54, 1.807) is 97.1 Å². The summed E-state index contributed by atoms with van der Waals surface area (Å²) in [4.78, 5) is 12.2. The highest BCUT2D eigenvalue weighted by Gasteiger charge is 2.57. The van der Waals surface area contributed by atoms with E-state index in [1.807, 2.05) is 30.3 Å². The van der Waals surface area contributed by atoms with Gasteiger partial charge in [-0.25, -0.2) is 22.4 Å². The monoisotopic (exact) mass is 940 g/mol. The van der Waals surface area contributed by atoms with Gasteiger partial charge in [-0.2, -0.15) is 0 Å². The second kappa shape index (κ2) is 23.2. The summed E-state index contributed by atoms with van der Waals surface area (Å²) >= 11 is 11.9. The third-order valence-electron chi connectivity index (χ3n) is 11.5. The number of hydrogen-bond acceptors (Lipinski definition) is 4. The van der Waals surface area contributed by atoms with E-state index in [-0.39, 0.29) is 43.0 Å². The minimum Gasteiger partial charge on any atom is -0.479 e. The van der Waals surface area contributed by atoms with E-state index in [1.165, 1.54) is 37.5 Å². The summed E-state index contributed by atoms with van der Waals surface area (Å²) in [7, 11) is 0. The fraction of sp³-hybridized carbons (Fsp3) is 0.291. The van der Waals surface area contributed by atoms with Gasteiger partial charge in [0.15, 0.2) is 23.1 Å². The van der Waals surface area contributed by atoms with E-state index in [2.05, 4.69) is 0 Å². The van der Waals surface area contributed by atoms with Crippen molar-refractivity contribution in [3.05, 3.63) is 201 Å². The van der Waals surface area contributed by atoms with Crippen LogP contribution in [0.25, 0.3) is 0 Å². The van der Waals surface area contributed by atoms with Crippen LogP contribution in [0.4, 0.5) is 17.6 Å². The second-order valence-electron chi connectivity index (χ2n) is 16.7. The molecule has 0 aliphatic heterocycles. The largest absolute Gasteiger partial charge is 0.479 e. The van der Waals surface area contributed by atoms with Crippen LogP contribution < -0.4 is 9.47 Å². The standard InChI is InChI=1S/C26H23ClF2O4.C25H21ClF2O.C3H6.CH4/c27-19-11-9-18(10-12-19)24(17-7-8-17)26(29,25(31)32)23(30)15-16-6-13-21(28)22(14-16)33-20-4-2-1-3-5-20;26-20-12-10-19(11-13-20)25(18-8-9-18)23(28)15-7-17-6-14-22(27)24(16-17)29-21-4-2-1-3-5-21;1-2-3-1;/h1-6,9-14,17,23-24,30H,7-8,15H2,(H,31,32);1-6,10-16,18,25H,7-9H2;1-3H2;1H4/b;23-15+;;/t23-,24+,26+;25-;;/m10../s1. The number of carboxylic acid groups (broad SMARTS) is 1.